The topological polar surface area (TPSA) is 12.0 Å². The molecule has 1 aromatic rings. The molecule has 1 N–H and O–H groups in total. The second-order valence-corrected chi connectivity index (χ2v) is 5.33. The average molecular weight is 294 g/mol. The minimum atomic E-state index is 1.19. The maximum absolute atomic E-state index is 3.39. The number of aryl methyl sites for hydroxylation is 2. The van der Waals surface area contributed by atoms with E-state index >= 15 is 0 Å². The molecule has 1 nitrogen and oxygen atoms in total. The summed E-state index contributed by atoms with van der Waals surface area (Å²) in [5.41, 5.74) is 4.18. The van der Waals surface area contributed by atoms with Gasteiger partial charge in [-0.3, -0.25) is 0 Å². The van der Waals surface area contributed by atoms with E-state index in [1.807, 2.05) is 13.8 Å². The molecule has 0 amide bonds. The van der Waals surface area contributed by atoms with E-state index in [-0.39, 0.29) is 0 Å². The minimum Gasteiger partial charge on any atom is -0.317 e. The molecule has 21 heavy (non-hydrogen) atoms. The monoisotopic (exact) mass is 293 g/mol. The first-order valence-corrected chi connectivity index (χ1v) is 8.87. The highest BCUT2D eigenvalue weighted by Crippen LogP contribution is 2.09. The molecule has 0 spiro atoms. The van der Waals surface area contributed by atoms with Crippen LogP contribution in [0.15, 0.2) is 18.2 Å². The van der Waals surface area contributed by atoms with Gasteiger partial charge in [0.05, 0.1) is 0 Å². The largest absolute Gasteiger partial charge is 0.317 e. The third kappa shape index (κ3) is 13.9. The molecule has 0 saturated carbocycles. The molecule has 1 aromatic carbocycles. The minimum absolute atomic E-state index is 1.19. The summed E-state index contributed by atoms with van der Waals surface area (Å²) >= 11 is 0. The lowest BCUT2D eigenvalue weighted by molar-refractivity contribution is 0.594. The summed E-state index contributed by atoms with van der Waals surface area (Å²) in [6, 6.07) is 6.38. The molecule has 1 heteroatoms. The fraction of sp³-hybridized carbons (Fsp3) is 0.700. The number of hydrogen-bond donors (Lipinski definition) is 1. The van der Waals surface area contributed by atoms with Gasteiger partial charge in [-0.15, -0.1) is 0 Å². The summed E-state index contributed by atoms with van der Waals surface area (Å²) < 4.78 is 0. The Kier molecular flexibility index (Phi) is 18.4. The van der Waals surface area contributed by atoms with E-state index in [1.54, 1.807) is 0 Å². The van der Waals surface area contributed by atoms with Gasteiger partial charge in [0, 0.05) is 0 Å². The highest BCUT2D eigenvalue weighted by atomic mass is 14.8. The molecule has 0 aliphatic carbocycles. The Morgan fingerprint density at radius 3 is 1.76 bits per heavy atom. The lowest BCUT2D eigenvalue weighted by Crippen LogP contribution is -2.15. The van der Waals surface area contributed by atoms with Gasteiger partial charge < -0.3 is 5.32 Å². The summed E-state index contributed by atoms with van der Waals surface area (Å²) in [5.74, 6) is 0. The van der Waals surface area contributed by atoms with Crippen molar-refractivity contribution in [3.63, 3.8) is 0 Å². The van der Waals surface area contributed by atoms with Crippen molar-refractivity contribution in [1.29, 1.82) is 0 Å². The SMILES string of the molecule is CC.CCCCCCNCCC.Cc1cccc(C)c1C. The molecular weight excluding hydrogens is 254 g/mol. The predicted octanol–water partition coefficient (Wildman–Crippen LogP) is 6.20. The quantitative estimate of drug-likeness (QED) is 0.590. The Morgan fingerprint density at radius 1 is 0.762 bits per heavy atom. The van der Waals surface area contributed by atoms with Crippen molar-refractivity contribution < 1.29 is 0 Å². The molecule has 1 rings (SSSR count). The van der Waals surface area contributed by atoms with Crippen molar-refractivity contribution in [3.05, 3.63) is 34.9 Å². The molecule has 124 valence electrons. The van der Waals surface area contributed by atoms with Crippen LogP contribution in [0.25, 0.3) is 0 Å². The molecule has 0 aromatic heterocycles. The zero-order valence-electron chi connectivity index (χ0n) is 15.7. The first-order valence-electron chi connectivity index (χ1n) is 8.87. The fourth-order valence-electron chi connectivity index (χ4n) is 1.88. The Morgan fingerprint density at radius 2 is 1.33 bits per heavy atom. The zero-order valence-corrected chi connectivity index (χ0v) is 15.7. The van der Waals surface area contributed by atoms with E-state index in [0.29, 0.717) is 0 Å². The Labute approximate surface area is 134 Å². The van der Waals surface area contributed by atoms with Crippen LogP contribution in [0.2, 0.25) is 0 Å². The van der Waals surface area contributed by atoms with Crippen molar-refractivity contribution in [2.24, 2.45) is 0 Å². The van der Waals surface area contributed by atoms with Gasteiger partial charge in [-0.05, 0) is 63.4 Å². The van der Waals surface area contributed by atoms with E-state index in [4.69, 9.17) is 0 Å². The van der Waals surface area contributed by atoms with Gasteiger partial charge in [0.2, 0.25) is 0 Å². The van der Waals surface area contributed by atoms with Crippen molar-refractivity contribution in [2.75, 3.05) is 13.1 Å². The van der Waals surface area contributed by atoms with Gasteiger partial charge in [0.1, 0.15) is 0 Å². The molecule has 0 heterocycles. The zero-order chi connectivity index (χ0) is 16.5. The lowest BCUT2D eigenvalue weighted by atomic mass is 10.1. The van der Waals surface area contributed by atoms with Crippen LogP contribution in [0.1, 0.15) is 76.5 Å². The van der Waals surface area contributed by atoms with E-state index in [1.165, 1.54) is 61.9 Å². The molecular formula is C20H39N. The Balaban J connectivity index is 0. The number of nitrogens with one attached hydrogen (secondary N) is 1. The molecule has 0 aliphatic heterocycles. The van der Waals surface area contributed by atoms with Crippen molar-refractivity contribution in [1.82, 2.24) is 5.32 Å². The van der Waals surface area contributed by atoms with Crippen LogP contribution in [0.3, 0.4) is 0 Å². The second-order valence-electron chi connectivity index (χ2n) is 5.33. The lowest BCUT2D eigenvalue weighted by Gasteiger charge is -2.00. The van der Waals surface area contributed by atoms with E-state index < -0.39 is 0 Å². The van der Waals surface area contributed by atoms with E-state index in [0.717, 1.165) is 0 Å². The molecule has 0 fully saturated rings. The average Bonchev–Trinajstić information content (AvgIpc) is 2.51. The third-order valence-electron chi connectivity index (χ3n) is 3.51. The van der Waals surface area contributed by atoms with Crippen LogP contribution in [-0.2, 0) is 0 Å². The highest BCUT2D eigenvalue weighted by Gasteiger charge is 1.91. The predicted molar refractivity (Wildman–Crippen MR) is 99.3 cm³/mol. The Hall–Kier alpha value is -0.820. The van der Waals surface area contributed by atoms with Gasteiger partial charge >= 0.3 is 0 Å². The standard InChI is InChI=1S/C9H21N.C9H12.C2H6/c1-3-5-6-7-9-10-8-4-2;1-7-5-4-6-8(2)9(7)3;1-2/h10H,3-9H2,1-2H3;4-6H,1-3H3;1-2H3. The maximum atomic E-state index is 3.39. The molecule has 0 atom stereocenters. The molecule has 0 bridgehead atoms. The van der Waals surface area contributed by atoms with Crippen molar-refractivity contribution in [2.45, 2.75) is 80.6 Å². The van der Waals surface area contributed by atoms with Crippen LogP contribution >= 0.6 is 0 Å². The number of hydrogen-bond acceptors (Lipinski definition) is 1. The Bertz CT molecular complexity index is 289. The normalized spacial score (nSPS) is 9.29. The smallest absolute Gasteiger partial charge is 0.00489 e. The first-order chi connectivity index (χ1) is 10.1. The second kappa shape index (κ2) is 17.2. The fourth-order valence-corrected chi connectivity index (χ4v) is 1.88. The number of rotatable bonds is 7. The van der Waals surface area contributed by atoms with Gasteiger partial charge in [0.25, 0.3) is 0 Å². The van der Waals surface area contributed by atoms with Gasteiger partial charge in [-0.1, -0.05) is 65.2 Å². The molecule has 0 unspecified atom stereocenters. The van der Waals surface area contributed by atoms with Crippen LogP contribution in [0, 0.1) is 20.8 Å². The van der Waals surface area contributed by atoms with Gasteiger partial charge in [0.15, 0.2) is 0 Å². The summed E-state index contributed by atoms with van der Waals surface area (Å²) in [6.45, 7) is 17.3. The maximum Gasteiger partial charge on any atom is -0.00489 e. The van der Waals surface area contributed by atoms with Crippen LogP contribution < -0.4 is 5.32 Å². The summed E-state index contributed by atoms with van der Waals surface area (Å²) in [5, 5.41) is 3.39. The number of benzene rings is 1. The number of unbranched alkanes of at least 4 members (excludes halogenated alkanes) is 3. The van der Waals surface area contributed by atoms with E-state index in [2.05, 4.69) is 58.1 Å². The highest BCUT2D eigenvalue weighted by molar-refractivity contribution is 5.31. The molecule has 0 aliphatic rings. The van der Waals surface area contributed by atoms with Crippen molar-refractivity contribution >= 4 is 0 Å². The molecule has 0 radical (unpaired) electrons. The molecule has 0 saturated heterocycles. The van der Waals surface area contributed by atoms with Gasteiger partial charge in [-0.2, -0.15) is 0 Å². The van der Waals surface area contributed by atoms with Crippen LogP contribution in [0.4, 0.5) is 0 Å². The summed E-state index contributed by atoms with van der Waals surface area (Å²) in [4.78, 5) is 0. The summed E-state index contributed by atoms with van der Waals surface area (Å²) in [7, 11) is 0. The van der Waals surface area contributed by atoms with Crippen LogP contribution in [0.5, 0.6) is 0 Å². The third-order valence-corrected chi connectivity index (χ3v) is 3.51. The van der Waals surface area contributed by atoms with Gasteiger partial charge in [-0.25, -0.2) is 0 Å². The van der Waals surface area contributed by atoms with E-state index in [9.17, 15) is 0 Å². The van der Waals surface area contributed by atoms with Crippen LogP contribution in [-0.4, -0.2) is 13.1 Å². The first kappa shape index (κ1) is 22.5. The van der Waals surface area contributed by atoms with Crippen molar-refractivity contribution in [3.8, 4) is 0 Å². The summed E-state index contributed by atoms with van der Waals surface area (Å²) in [6.07, 6.45) is 6.75.